The fraction of sp³-hybridized carbons (Fsp3) is 0.333. The van der Waals surface area contributed by atoms with Crippen molar-refractivity contribution in [2.24, 2.45) is 0 Å². The first kappa shape index (κ1) is 24.6. The molecule has 2 aliphatic rings. The fourth-order valence-electron chi connectivity index (χ4n) is 4.41. The molecule has 2 aliphatic heterocycles. The first-order valence-electron chi connectivity index (χ1n) is 11.2. The molecular formula is C24H23N3O9. The summed E-state index contributed by atoms with van der Waals surface area (Å²) in [5.74, 6) is -2.31. The molecule has 1 N–H and O–H groups in total. The largest absolute Gasteiger partial charge is 0.481 e. The molecule has 188 valence electrons. The van der Waals surface area contributed by atoms with Crippen LogP contribution in [-0.2, 0) is 30.5 Å². The lowest BCUT2D eigenvalue weighted by atomic mass is 9.88. The minimum atomic E-state index is -1.07. The van der Waals surface area contributed by atoms with Gasteiger partial charge in [-0.25, -0.2) is 4.79 Å². The Balaban J connectivity index is 1.44. The lowest BCUT2D eigenvalue weighted by Crippen LogP contribution is -2.71. The van der Waals surface area contributed by atoms with E-state index < -0.39 is 53.5 Å². The van der Waals surface area contributed by atoms with Crippen LogP contribution in [0.4, 0.5) is 10.5 Å². The molecule has 0 radical (unpaired) electrons. The molecule has 0 spiro atoms. The molecular weight excluding hydrogens is 474 g/mol. The van der Waals surface area contributed by atoms with Gasteiger partial charge in [0.25, 0.3) is 5.69 Å². The fourth-order valence-corrected chi connectivity index (χ4v) is 4.41. The van der Waals surface area contributed by atoms with Crippen LogP contribution in [0.1, 0.15) is 30.0 Å². The maximum atomic E-state index is 13.1. The van der Waals surface area contributed by atoms with Gasteiger partial charge < -0.3 is 19.5 Å². The third-order valence-corrected chi connectivity index (χ3v) is 6.20. The Morgan fingerprint density at radius 3 is 2.44 bits per heavy atom. The van der Waals surface area contributed by atoms with E-state index in [1.165, 1.54) is 34.1 Å². The average molecular weight is 497 g/mol. The van der Waals surface area contributed by atoms with E-state index in [0.717, 1.165) is 5.56 Å². The van der Waals surface area contributed by atoms with Gasteiger partial charge in [0.2, 0.25) is 5.91 Å². The second kappa shape index (κ2) is 10.4. The molecule has 0 saturated carbocycles. The number of amides is 2. The summed E-state index contributed by atoms with van der Waals surface area (Å²) >= 11 is 0. The maximum absolute atomic E-state index is 13.1. The van der Waals surface area contributed by atoms with Crippen LogP contribution in [0.25, 0.3) is 0 Å². The van der Waals surface area contributed by atoms with Crippen LogP contribution in [0.2, 0.25) is 0 Å². The Kier molecular flexibility index (Phi) is 7.13. The summed E-state index contributed by atoms with van der Waals surface area (Å²) in [5.41, 5.74) is 1.20. The van der Waals surface area contributed by atoms with Gasteiger partial charge in [-0.05, 0) is 29.7 Å². The Hall–Kier alpha value is -4.48. The Labute approximate surface area is 205 Å². The number of carboxylic acids is 1. The van der Waals surface area contributed by atoms with Crippen molar-refractivity contribution in [1.29, 1.82) is 0 Å². The van der Waals surface area contributed by atoms with Crippen molar-refractivity contribution >= 4 is 29.6 Å². The number of esters is 1. The summed E-state index contributed by atoms with van der Waals surface area (Å²) in [6.07, 6.45) is -0.906. The van der Waals surface area contributed by atoms with Gasteiger partial charge in [0.1, 0.15) is 25.8 Å². The normalized spacial score (nSPS) is 21.1. The highest BCUT2D eigenvalue weighted by molar-refractivity contribution is 5.95. The van der Waals surface area contributed by atoms with Crippen molar-refractivity contribution in [2.45, 2.75) is 37.6 Å². The first-order chi connectivity index (χ1) is 17.3. The Morgan fingerprint density at radius 2 is 1.81 bits per heavy atom. The zero-order valence-corrected chi connectivity index (χ0v) is 19.0. The Morgan fingerprint density at radius 1 is 1.11 bits per heavy atom. The molecule has 3 atom stereocenters. The molecule has 36 heavy (non-hydrogen) atoms. The predicted molar refractivity (Wildman–Crippen MR) is 121 cm³/mol. The molecule has 2 fully saturated rings. The van der Waals surface area contributed by atoms with Crippen molar-refractivity contribution < 1.29 is 38.7 Å². The van der Waals surface area contributed by atoms with Gasteiger partial charge in [0, 0.05) is 18.6 Å². The number of hydrogen-bond donors (Lipinski definition) is 1. The number of aliphatic carboxylic acids is 1. The third-order valence-electron chi connectivity index (χ3n) is 6.20. The number of likely N-dealkylation sites (tertiary alicyclic amines) is 1. The smallest absolute Gasteiger partial charge is 0.411 e. The summed E-state index contributed by atoms with van der Waals surface area (Å²) in [7, 11) is 0. The minimum absolute atomic E-state index is 0.0344. The second-order valence-electron chi connectivity index (χ2n) is 8.41. The molecule has 0 aromatic heterocycles. The van der Waals surface area contributed by atoms with Crippen molar-refractivity contribution in [1.82, 2.24) is 9.80 Å². The number of nitro benzene ring substituents is 1. The van der Waals surface area contributed by atoms with Gasteiger partial charge in [-0.3, -0.25) is 29.4 Å². The monoisotopic (exact) mass is 497 g/mol. The molecule has 4 rings (SSSR count). The van der Waals surface area contributed by atoms with E-state index >= 15 is 0 Å². The quantitative estimate of drug-likeness (QED) is 0.225. The number of benzene rings is 2. The molecule has 2 heterocycles. The number of nitrogens with zero attached hydrogens (tertiary/aromatic N) is 3. The van der Waals surface area contributed by atoms with Gasteiger partial charge in [-0.15, -0.1) is 0 Å². The summed E-state index contributed by atoms with van der Waals surface area (Å²) in [6.45, 7) is -0.530. The molecule has 3 unspecified atom stereocenters. The van der Waals surface area contributed by atoms with E-state index in [9.17, 15) is 34.4 Å². The topological polar surface area (TPSA) is 157 Å². The van der Waals surface area contributed by atoms with E-state index in [0.29, 0.717) is 5.56 Å². The number of non-ortho nitro benzene ring substituents is 1. The van der Waals surface area contributed by atoms with Crippen molar-refractivity contribution in [2.75, 3.05) is 13.2 Å². The van der Waals surface area contributed by atoms with Crippen molar-refractivity contribution in [3.8, 4) is 0 Å². The molecule has 0 bridgehead atoms. The zero-order chi connectivity index (χ0) is 25.8. The summed E-state index contributed by atoms with van der Waals surface area (Å²) in [5, 5.41) is 19.9. The highest BCUT2D eigenvalue weighted by Gasteiger charge is 2.56. The number of carbonyl (C=O) groups excluding carboxylic acids is 3. The average Bonchev–Trinajstić information content (AvgIpc) is 3.24. The van der Waals surface area contributed by atoms with Gasteiger partial charge in [-0.1, -0.05) is 30.3 Å². The number of carboxylic acid groups (broad SMARTS) is 1. The first-order valence-corrected chi connectivity index (χ1v) is 11.2. The molecule has 12 heteroatoms. The second-order valence-corrected chi connectivity index (χ2v) is 8.41. The van der Waals surface area contributed by atoms with E-state index in [1.54, 1.807) is 12.1 Å². The number of rotatable bonds is 10. The number of nitro groups is 1. The number of carbonyl (C=O) groups is 4. The van der Waals surface area contributed by atoms with Crippen molar-refractivity contribution in [3.63, 3.8) is 0 Å². The molecule has 0 aliphatic carbocycles. The zero-order valence-electron chi connectivity index (χ0n) is 19.0. The van der Waals surface area contributed by atoms with Crippen LogP contribution in [-0.4, -0.2) is 69.0 Å². The Bertz CT molecular complexity index is 1170. The molecule has 12 nitrogen and oxygen atoms in total. The minimum Gasteiger partial charge on any atom is -0.481 e. The maximum Gasteiger partial charge on any atom is 0.411 e. The van der Waals surface area contributed by atoms with Crippen LogP contribution in [0.5, 0.6) is 0 Å². The molecule has 2 aromatic carbocycles. The van der Waals surface area contributed by atoms with E-state index in [1.807, 2.05) is 18.2 Å². The standard InChI is InChI=1S/C24H23N3O9/c28-20(29)11-10-18-22(26-19(14-36-24(26)32)16-4-2-1-3-5-16)23(31)25(18)12-21(30)35-13-15-6-8-17(9-7-15)27(33)34/h1-9,18-19,22H,10-14H2,(H,28,29). The van der Waals surface area contributed by atoms with Gasteiger partial charge >= 0.3 is 18.0 Å². The molecule has 2 saturated heterocycles. The number of hydrogen-bond acceptors (Lipinski definition) is 8. The lowest BCUT2D eigenvalue weighted by molar-refractivity contribution is -0.384. The van der Waals surface area contributed by atoms with Crippen LogP contribution in [0.3, 0.4) is 0 Å². The lowest BCUT2D eigenvalue weighted by Gasteiger charge is -2.50. The summed E-state index contributed by atoms with van der Waals surface area (Å²) in [4.78, 5) is 62.1. The van der Waals surface area contributed by atoms with Gasteiger partial charge in [-0.2, -0.15) is 0 Å². The highest BCUT2D eigenvalue weighted by atomic mass is 16.6. The van der Waals surface area contributed by atoms with E-state index in [4.69, 9.17) is 9.47 Å². The SMILES string of the molecule is O=C(O)CCC1C(N2C(=O)OCC2c2ccccc2)C(=O)N1CC(=O)OCc1ccc([N+](=O)[O-])cc1. The summed E-state index contributed by atoms with van der Waals surface area (Å²) < 4.78 is 10.4. The van der Waals surface area contributed by atoms with Gasteiger partial charge in [0.05, 0.1) is 17.0 Å². The van der Waals surface area contributed by atoms with Crippen LogP contribution >= 0.6 is 0 Å². The predicted octanol–water partition coefficient (Wildman–Crippen LogP) is 2.28. The van der Waals surface area contributed by atoms with Gasteiger partial charge in [0.15, 0.2) is 0 Å². The van der Waals surface area contributed by atoms with Crippen LogP contribution in [0, 0.1) is 10.1 Å². The van der Waals surface area contributed by atoms with Crippen molar-refractivity contribution in [3.05, 3.63) is 75.8 Å². The third kappa shape index (κ3) is 5.11. The van der Waals surface area contributed by atoms with Crippen LogP contribution in [0.15, 0.2) is 54.6 Å². The summed E-state index contributed by atoms with van der Waals surface area (Å²) in [6, 6.07) is 12.3. The number of β-lactam (4-membered cyclic amide) rings is 1. The van der Waals surface area contributed by atoms with Crippen LogP contribution < -0.4 is 0 Å². The molecule has 2 aromatic rings. The number of ether oxygens (including phenoxy) is 2. The highest BCUT2D eigenvalue weighted by Crippen LogP contribution is 2.38. The molecule has 2 amide bonds. The van der Waals surface area contributed by atoms with E-state index in [2.05, 4.69) is 0 Å². The van der Waals surface area contributed by atoms with E-state index in [-0.39, 0.29) is 31.7 Å². The number of cyclic esters (lactones) is 1.